The fraction of sp³-hybridized carbons (Fsp3) is 0.571. The summed E-state index contributed by atoms with van der Waals surface area (Å²) in [5, 5.41) is 14.2. The number of hydrogen-bond donors (Lipinski definition) is 2. The van der Waals surface area contributed by atoms with Crippen LogP contribution in [-0.2, 0) is 0 Å². The minimum absolute atomic E-state index is 0.0410. The van der Waals surface area contributed by atoms with Gasteiger partial charge < -0.3 is 11.1 Å². The molecule has 1 fully saturated rings. The third-order valence-corrected chi connectivity index (χ3v) is 3.93. The van der Waals surface area contributed by atoms with Crippen molar-refractivity contribution in [2.45, 2.75) is 39.2 Å². The smallest absolute Gasteiger partial charge is 0.273 e. The van der Waals surface area contributed by atoms with Gasteiger partial charge in [-0.1, -0.05) is 13.8 Å². The first kappa shape index (κ1) is 13.6. The average Bonchev–Trinajstić information content (AvgIpc) is 2.32. The summed E-state index contributed by atoms with van der Waals surface area (Å²) in [6.07, 6.45) is 3.50. The van der Waals surface area contributed by atoms with Crippen molar-refractivity contribution < 1.29 is 4.92 Å². The summed E-state index contributed by atoms with van der Waals surface area (Å²) >= 11 is 0. The van der Waals surface area contributed by atoms with Gasteiger partial charge in [-0.3, -0.25) is 10.1 Å². The number of hydrogen-bond acceptors (Lipinski definition) is 4. The van der Waals surface area contributed by atoms with E-state index >= 15 is 0 Å². The molecule has 0 aliphatic heterocycles. The van der Waals surface area contributed by atoms with Crippen molar-refractivity contribution in [3.8, 4) is 0 Å². The van der Waals surface area contributed by atoms with Crippen LogP contribution in [0.25, 0.3) is 0 Å². The third kappa shape index (κ3) is 3.36. The standard InChI is InChI=1S/C14H21N3O2/c1-9-3-4-14(10(2)5-9)16-12-6-11(15)7-13(8-12)17(18)19/h6-10,14,16H,3-5,15H2,1-2H3. The van der Waals surface area contributed by atoms with Crippen LogP contribution in [0, 0.1) is 22.0 Å². The SMILES string of the molecule is CC1CCC(Nc2cc(N)cc([N+](=O)[O-])c2)C(C)C1. The lowest BCUT2D eigenvalue weighted by molar-refractivity contribution is -0.384. The van der Waals surface area contributed by atoms with E-state index in [0.29, 0.717) is 17.6 Å². The number of nitrogen functional groups attached to an aromatic ring is 1. The van der Waals surface area contributed by atoms with Crippen LogP contribution in [0.4, 0.5) is 17.1 Å². The lowest BCUT2D eigenvalue weighted by atomic mass is 9.80. The molecule has 5 nitrogen and oxygen atoms in total. The molecular formula is C14H21N3O2. The Morgan fingerprint density at radius 3 is 2.68 bits per heavy atom. The van der Waals surface area contributed by atoms with E-state index in [9.17, 15) is 10.1 Å². The molecule has 1 aliphatic carbocycles. The maximum atomic E-state index is 10.8. The van der Waals surface area contributed by atoms with Crippen LogP contribution in [0.15, 0.2) is 18.2 Å². The molecule has 0 bridgehead atoms. The van der Waals surface area contributed by atoms with Crippen molar-refractivity contribution in [2.75, 3.05) is 11.1 Å². The number of benzene rings is 1. The number of anilines is 2. The van der Waals surface area contributed by atoms with Gasteiger partial charge in [0, 0.05) is 29.5 Å². The molecule has 3 atom stereocenters. The maximum Gasteiger partial charge on any atom is 0.273 e. The number of nitrogens with two attached hydrogens (primary N) is 1. The Morgan fingerprint density at radius 2 is 2.05 bits per heavy atom. The maximum absolute atomic E-state index is 10.8. The minimum Gasteiger partial charge on any atom is -0.398 e. The van der Waals surface area contributed by atoms with Crippen LogP contribution >= 0.6 is 0 Å². The first-order valence-electron chi connectivity index (χ1n) is 6.77. The first-order valence-corrected chi connectivity index (χ1v) is 6.77. The highest BCUT2D eigenvalue weighted by molar-refractivity contribution is 5.61. The molecule has 19 heavy (non-hydrogen) atoms. The van der Waals surface area contributed by atoms with Gasteiger partial charge in [-0.2, -0.15) is 0 Å². The highest BCUT2D eigenvalue weighted by Crippen LogP contribution is 2.32. The average molecular weight is 263 g/mol. The van der Waals surface area contributed by atoms with E-state index < -0.39 is 4.92 Å². The van der Waals surface area contributed by atoms with Crippen LogP contribution in [-0.4, -0.2) is 11.0 Å². The van der Waals surface area contributed by atoms with Crippen LogP contribution in [0.5, 0.6) is 0 Å². The fourth-order valence-corrected chi connectivity index (χ4v) is 2.92. The van der Waals surface area contributed by atoms with Crippen molar-refractivity contribution in [1.29, 1.82) is 0 Å². The van der Waals surface area contributed by atoms with Crippen LogP contribution in [0.2, 0.25) is 0 Å². The van der Waals surface area contributed by atoms with E-state index in [4.69, 9.17) is 5.73 Å². The summed E-state index contributed by atoms with van der Waals surface area (Å²) in [5.74, 6) is 1.34. The molecule has 0 heterocycles. The number of non-ortho nitro benzene ring substituents is 1. The molecular weight excluding hydrogens is 242 g/mol. The Hall–Kier alpha value is -1.78. The van der Waals surface area contributed by atoms with Crippen LogP contribution < -0.4 is 11.1 Å². The highest BCUT2D eigenvalue weighted by Gasteiger charge is 2.25. The van der Waals surface area contributed by atoms with Crippen LogP contribution in [0.3, 0.4) is 0 Å². The van der Waals surface area contributed by atoms with Gasteiger partial charge >= 0.3 is 0 Å². The molecule has 2 rings (SSSR count). The van der Waals surface area contributed by atoms with Gasteiger partial charge in [0.1, 0.15) is 0 Å². The third-order valence-electron chi connectivity index (χ3n) is 3.93. The van der Waals surface area contributed by atoms with E-state index in [2.05, 4.69) is 19.2 Å². The summed E-state index contributed by atoms with van der Waals surface area (Å²) in [6, 6.07) is 5.08. The Kier molecular flexibility index (Phi) is 3.93. The molecule has 1 saturated carbocycles. The fourth-order valence-electron chi connectivity index (χ4n) is 2.92. The van der Waals surface area contributed by atoms with E-state index in [1.165, 1.54) is 18.9 Å². The van der Waals surface area contributed by atoms with Gasteiger partial charge in [0.25, 0.3) is 5.69 Å². The molecule has 3 N–H and O–H groups in total. The molecule has 0 saturated heterocycles. The van der Waals surface area contributed by atoms with E-state index in [1.807, 2.05) is 0 Å². The van der Waals surface area contributed by atoms with Gasteiger partial charge in [-0.05, 0) is 37.2 Å². The Morgan fingerprint density at radius 1 is 1.32 bits per heavy atom. The molecule has 5 heteroatoms. The predicted octanol–water partition coefficient (Wildman–Crippen LogP) is 3.41. The number of rotatable bonds is 3. The van der Waals surface area contributed by atoms with E-state index in [-0.39, 0.29) is 5.69 Å². The zero-order chi connectivity index (χ0) is 14.0. The topological polar surface area (TPSA) is 81.2 Å². The number of nitro benzene ring substituents is 1. The molecule has 0 amide bonds. The summed E-state index contributed by atoms with van der Waals surface area (Å²) in [6.45, 7) is 4.51. The minimum atomic E-state index is -0.409. The zero-order valence-corrected chi connectivity index (χ0v) is 11.4. The second-order valence-corrected chi connectivity index (χ2v) is 5.72. The number of nitrogens with one attached hydrogen (secondary N) is 1. The van der Waals surface area contributed by atoms with Gasteiger partial charge in [0.2, 0.25) is 0 Å². The molecule has 3 unspecified atom stereocenters. The number of nitro groups is 1. The monoisotopic (exact) mass is 263 g/mol. The van der Waals surface area contributed by atoms with E-state index in [1.54, 1.807) is 12.1 Å². The molecule has 104 valence electrons. The molecule has 1 aliphatic rings. The highest BCUT2D eigenvalue weighted by atomic mass is 16.6. The molecule has 1 aromatic carbocycles. The second kappa shape index (κ2) is 5.47. The van der Waals surface area contributed by atoms with Crippen molar-refractivity contribution in [2.24, 2.45) is 11.8 Å². The summed E-state index contributed by atoms with van der Waals surface area (Å²) < 4.78 is 0. The molecule has 0 spiro atoms. The molecule has 1 aromatic rings. The molecule has 0 aromatic heterocycles. The molecule has 0 radical (unpaired) electrons. The van der Waals surface area contributed by atoms with Crippen molar-refractivity contribution >= 4 is 17.1 Å². The first-order chi connectivity index (χ1) is 8.95. The van der Waals surface area contributed by atoms with Crippen LogP contribution in [0.1, 0.15) is 33.1 Å². The van der Waals surface area contributed by atoms with Gasteiger partial charge in [0.05, 0.1) is 4.92 Å². The quantitative estimate of drug-likeness (QED) is 0.497. The number of nitrogens with zero attached hydrogens (tertiary/aromatic N) is 1. The second-order valence-electron chi connectivity index (χ2n) is 5.72. The van der Waals surface area contributed by atoms with Gasteiger partial charge in [0.15, 0.2) is 0 Å². The summed E-state index contributed by atoms with van der Waals surface area (Å²) in [4.78, 5) is 10.4. The van der Waals surface area contributed by atoms with Gasteiger partial charge in [-0.15, -0.1) is 0 Å². The van der Waals surface area contributed by atoms with Crippen molar-refractivity contribution in [3.63, 3.8) is 0 Å². The summed E-state index contributed by atoms with van der Waals surface area (Å²) in [5.41, 5.74) is 6.93. The largest absolute Gasteiger partial charge is 0.398 e. The lowest BCUT2D eigenvalue weighted by Gasteiger charge is -2.33. The predicted molar refractivity (Wildman–Crippen MR) is 77.1 cm³/mol. The van der Waals surface area contributed by atoms with Crippen molar-refractivity contribution in [3.05, 3.63) is 28.3 Å². The summed E-state index contributed by atoms with van der Waals surface area (Å²) in [7, 11) is 0. The zero-order valence-electron chi connectivity index (χ0n) is 11.4. The Labute approximate surface area is 113 Å². The normalized spacial score (nSPS) is 26.9. The van der Waals surface area contributed by atoms with Gasteiger partial charge in [-0.25, -0.2) is 0 Å². The van der Waals surface area contributed by atoms with Crippen molar-refractivity contribution in [1.82, 2.24) is 0 Å². The van der Waals surface area contributed by atoms with E-state index in [0.717, 1.165) is 18.0 Å². The Balaban J connectivity index is 2.12. The Bertz CT molecular complexity index is 476. The lowest BCUT2D eigenvalue weighted by Crippen LogP contribution is -2.33.